The molecule has 29 heavy (non-hydrogen) atoms. The predicted octanol–water partition coefficient (Wildman–Crippen LogP) is 3.83. The van der Waals surface area contributed by atoms with Gasteiger partial charge in [0.25, 0.3) is 0 Å². The van der Waals surface area contributed by atoms with Crippen LogP contribution in [-0.2, 0) is 16.0 Å². The largest absolute Gasteiger partial charge is 0.496 e. The molecule has 0 saturated carbocycles. The fourth-order valence-electron chi connectivity index (χ4n) is 3.84. The summed E-state index contributed by atoms with van der Waals surface area (Å²) in [5.74, 6) is 1.86. The molecule has 0 bridgehead atoms. The van der Waals surface area contributed by atoms with Crippen LogP contribution in [0.3, 0.4) is 0 Å². The van der Waals surface area contributed by atoms with E-state index >= 15 is 0 Å². The molecule has 3 rings (SSSR count). The summed E-state index contributed by atoms with van der Waals surface area (Å²) in [4.78, 5) is 7.19. The summed E-state index contributed by atoms with van der Waals surface area (Å²) in [6.07, 6.45) is 6.29. The number of hydrogen-bond acceptors (Lipinski definition) is 4. The highest BCUT2D eigenvalue weighted by molar-refractivity contribution is 14.0. The molecule has 1 atom stereocenters. The van der Waals surface area contributed by atoms with Crippen molar-refractivity contribution in [2.45, 2.75) is 57.8 Å². The molecule has 6 nitrogen and oxygen atoms in total. The van der Waals surface area contributed by atoms with Crippen LogP contribution in [0.1, 0.15) is 44.6 Å². The third-order valence-electron chi connectivity index (χ3n) is 5.46. The van der Waals surface area contributed by atoms with Crippen LogP contribution in [0.5, 0.6) is 5.75 Å². The van der Waals surface area contributed by atoms with E-state index in [9.17, 15) is 0 Å². The van der Waals surface area contributed by atoms with Gasteiger partial charge in [-0.2, -0.15) is 0 Å². The van der Waals surface area contributed by atoms with Gasteiger partial charge < -0.3 is 24.4 Å². The van der Waals surface area contributed by atoms with Gasteiger partial charge in [-0.3, -0.25) is 0 Å². The molecule has 1 aromatic carbocycles. The lowest BCUT2D eigenvalue weighted by Gasteiger charge is -2.35. The first-order valence-electron chi connectivity index (χ1n) is 10.7. The lowest BCUT2D eigenvalue weighted by Crippen LogP contribution is -2.47. The molecule has 164 valence electrons. The molecule has 1 aromatic rings. The number of methoxy groups -OCH3 is 1. The van der Waals surface area contributed by atoms with Crippen molar-refractivity contribution in [1.82, 2.24) is 10.2 Å². The minimum Gasteiger partial charge on any atom is -0.496 e. The van der Waals surface area contributed by atoms with E-state index in [-0.39, 0.29) is 24.0 Å². The van der Waals surface area contributed by atoms with E-state index in [2.05, 4.69) is 23.2 Å². The predicted molar refractivity (Wildman–Crippen MR) is 127 cm³/mol. The minimum absolute atomic E-state index is 0. The number of nitrogens with zero attached hydrogens (tertiary/aromatic N) is 2. The van der Waals surface area contributed by atoms with Crippen molar-refractivity contribution in [2.24, 2.45) is 4.99 Å². The van der Waals surface area contributed by atoms with E-state index in [0.29, 0.717) is 18.8 Å². The number of benzene rings is 1. The number of likely N-dealkylation sites (tertiary alicyclic amines) is 1. The molecule has 2 heterocycles. The summed E-state index contributed by atoms with van der Waals surface area (Å²) >= 11 is 0. The summed E-state index contributed by atoms with van der Waals surface area (Å²) in [5.41, 5.74) is 1.10. The van der Waals surface area contributed by atoms with Crippen molar-refractivity contribution in [3.05, 3.63) is 29.8 Å². The monoisotopic (exact) mass is 517 g/mol. The molecular formula is C22H36IN3O3. The van der Waals surface area contributed by atoms with E-state index in [0.717, 1.165) is 69.4 Å². The molecule has 2 aliphatic heterocycles. The molecule has 0 radical (unpaired) electrons. The fourth-order valence-corrected chi connectivity index (χ4v) is 3.84. The van der Waals surface area contributed by atoms with E-state index in [1.807, 2.05) is 18.2 Å². The van der Waals surface area contributed by atoms with E-state index < -0.39 is 0 Å². The quantitative estimate of drug-likeness (QED) is 0.339. The number of nitrogens with one attached hydrogen (secondary N) is 1. The van der Waals surface area contributed by atoms with Crippen LogP contribution in [0.25, 0.3) is 0 Å². The van der Waals surface area contributed by atoms with Crippen molar-refractivity contribution >= 4 is 29.9 Å². The smallest absolute Gasteiger partial charge is 0.194 e. The van der Waals surface area contributed by atoms with Crippen molar-refractivity contribution in [2.75, 3.05) is 40.0 Å². The Hall–Kier alpha value is -1.06. The lowest BCUT2D eigenvalue weighted by atomic mass is 10.1. The van der Waals surface area contributed by atoms with Crippen LogP contribution in [0.4, 0.5) is 0 Å². The number of aliphatic imine (C=N–C) groups is 1. The Balaban J connectivity index is 0.00000300. The normalized spacial score (nSPS) is 20.8. The summed E-state index contributed by atoms with van der Waals surface area (Å²) in [5, 5.41) is 3.43. The number of halogens is 1. The first-order valence-corrected chi connectivity index (χ1v) is 10.7. The number of hydrogen-bond donors (Lipinski definition) is 1. The maximum absolute atomic E-state index is 6.14. The van der Waals surface area contributed by atoms with Gasteiger partial charge in [-0.25, -0.2) is 4.99 Å². The summed E-state index contributed by atoms with van der Waals surface area (Å²) in [7, 11) is 1.71. The van der Waals surface area contributed by atoms with Crippen molar-refractivity contribution in [3.63, 3.8) is 0 Å². The molecule has 7 heteroatoms. The lowest BCUT2D eigenvalue weighted by molar-refractivity contribution is -0.0721. The Morgan fingerprint density at radius 3 is 2.69 bits per heavy atom. The number of rotatable bonds is 7. The molecule has 0 spiro atoms. The number of para-hydroxylation sites is 1. The van der Waals surface area contributed by atoms with Gasteiger partial charge in [0, 0.05) is 31.8 Å². The average molecular weight is 517 g/mol. The molecule has 0 aliphatic carbocycles. The van der Waals surface area contributed by atoms with E-state index in [4.69, 9.17) is 19.2 Å². The number of ether oxygens (including phenoxy) is 3. The maximum Gasteiger partial charge on any atom is 0.194 e. The molecule has 2 fully saturated rings. The van der Waals surface area contributed by atoms with Gasteiger partial charge in [0.1, 0.15) is 5.75 Å². The molecule has 0 aromatic heterocycles. The van der Waals surface area contributed by atoms with Crippen molar-refractivity contribution < 1.29 is 14.2 Å². The van der Waals surface area contributed by atoms with Crippen LogP contribution in [0.2, 0.25) is 0 Å². The van der Waals surface area contributed by atoms with Gasteiger partial charge in [-0.1, -0.05) is 18.2 Å². The highest BCUT2D eigenvalue weighted by Gasteiger charge is 2.23. The van der Waals surface area contributed by atoms with Crippen molar-refractivity contribution in [3.8, 4) is 5.75 Å². The third kappa shape index (κ3) is 7.61. The Labute approximate surface area is 192 Å². The second-order valence-corrected chi connectivity index (χ2v) is 7.49. The summed E-state index contributed by atoms with van der Waals surface area (Å²) in [6.45, 7) is 7.15. The molecule has 1 N–H and O–H groups in total. The SMILES string of the molecule is CCNC(=NCc1ccccc1OC)N1CCC(OCC2CCCCO2)CC1.I. The van der Waals surface area contributed by atoms with Crippen LogP contribution < -0.4 is 10.1 Å². The van der Waals surface area contributed by atoms with E-state index in [1.165, 1.54) is 12.8 Å². The highest BCUT2D eigenvalue weighted by Crippen LogP contribution is 2.20. The Morgan fingerprint density at radius 2 is 2.00 bits per heavy atom. The fraction of sp³-hybridized carbons (Fsp3) is 0.682. The zero-order valence-corrected chi connectivity index (χ0v) is 20.1. The zero-order chi connectivity index (χ0) is 19.6. The topological polar surface area (TPSA) is 55.3 Å². The Morgan fingerprint density at radius 1 is 1.21 bits per heavy atom. The molecule has 2 aliphatic rings. The summed E-state index contributed by atoms with van der Waals surface area (Å²) in [6, 6.07) is 8.06. The van der Waals surface area contributed by atoms with Crippen LogP contribution in [-0.4, -0.2) is 63.0 Å². The second-order valence-electron chi connectivity index (χ2n) is 7.49. The Kier molecular flexibility index (Phi) is 11.1. The highest BCUT2D eigenvalue weighted by atomic mass is 127. The molecule has 1 unspecified atom stereocenters. The average Bonchev–Trinajstić information content (AvgIpc) is 2.76. The first kappa shape index (κ1) is 24.2. The van der Waals surface area contributed by atoms with Crippen molar-refractivity contribution in [1.29, 1.82) is 0 Å². The number of piperidine rings is 1. The minimum atomic E-state index is 0. The van der Waals surface area contributed by atoms with Gasteiger partial charge in [0.2, 0.25) is 0 Å². The number of guanidine groups is 1. The molecule has 0 amide bonds. The molecule has 2 saturated heterocycles. The molecular weight excluding hydrogens is 481 g/mol. The second kappa shape index (κ2) is 13.3. The van der Waals surface area contributed by atoms with Gasteiger partial charge >= 0.3 is 0 Å². The van der Waals surface area contributed by atoms with E-state index in [1.54, 1.807) is 7.11 Å². The van der Waals surface area contributed by atoms with Gasteiger partial charge in [-0.15, -0.1) is 24.0 Å². The van der Waals surface area contributed by atoms with Gasteiger partial charge in [-0.05, 0) is 45.1 Å². The summed E-state index contributed by atoms with van der Waals surface area (Å²) < 4.78 is 17.4. The van der Waals surface area contributed by atoms with Gasteiger partial charge in [0.15, 0.2) is 5.96 Å². The van der Waals surface area contributed by atoms with Crippen LogP contribution >= 0.6 is 24.0 Å². The van der Waals surface area contributed by atoms with Crippen LogP contribution in [0.15, 0.2) is 29.3 Å². The van der Waals surface area contributed by atoms with Gasteiger partial charge in [0.05, 0.1) is 32.5 Å². The zero-order valence-electron chi connectivity index (χ0n) is 17.8. The standard InChI is InChI=1S/C22H35N3O3.HI/c1-3-23-22(24-16-18-8-4-5-10-21(18)26-2)25-13-11-19(12-14-25)28-17-20-9-6-7-15-27-20;/h4-5,8,10,19-20H,3,6-7,9,11-17H2,1-2H3,(H,23,24);1H. The first-order chi connectivity index (χ1) is 13.8. The van der Waals surface area contributed by atoms with Crippen LogP contribution in [0, 0.1) is 0 Å². The maximum atomic E-state index is 6.14. The third-order valence-corrected chi connectivity index (χ3v) is 5.46. The Bertz CT molecular complexity index is 615.